The molecule has 0 atom stereocenters. The van der Waals surface area contributed by atoms with Gasteiger partial charge in [-0.15, -0.1) is 12.4 Å². The average Bonchev–Trinajstić information content (AvgIpc) is 1.63. The standard InChI is InChI=1S/C4H12NO3P.ClH/c1-2-3-5-4-9(6,7)8;/h5H,2-4H2,1H3,(H2,6,7,8);1H. The zero-order valence-electron chi connectivity index (χ0n) is 5.78. The van der Waals surface area contributed by atoms with E-state index in [-0.39, 0.29) is 18.7 Å². The van der Waals surface area contributed by atoms with Gasteiger partial charge in [0.25, 0.3) is 0 Å². The van der Waals surface area contributed by atoms with Gasteiger partial charge in [0.1, 0.15) is 0 Å². The lowest BCUT2D eigenvalue weighted by molar-refractivity contribution is 0.368. The van der Waals surface area contributed by atoms with Gasteiger partial charge in [0.05, 0.1) is 6.29 Å². The minimum absolute atomic E-state index is 0. The lowest BCUT2D eigenvalue weighted by Crippen LogP contribution is -2.15. The Bertz CT molecular complexity index is 115. The quantitative estimate of drug-likeness (QED) is 0.446. The van der Waals surface area contributed by atoms with Crippen molar-refractivity contribution in [1.29, 1.82) is 0 Å². The Morgan fingerprint density at radius 1 is 1.50 bits per heavy atom. The molecular weight excluding hydrogens is 176 g/mol. The Hall–Kier alpha value is 0.400. The van der Waals surface area contributed by atoms with Crippen molar-refractivity contribution in [1.82, 2.24) is 5.32 Å². The summed E-state index contributed by atoms with van der Waals surface area (Å²) in [7, 11) is -3.81. The van der Waals surface area contributed by atoms with E-state index in [0.29, 0.717) is 6.54 Å². The minimum atomic E-state index is -3.81. The van der Waals surface area contributed by atoms with Crippen molar-refractivity contribution in [2.45, 2.75) is 13.3 Å². The fourth-order valence-electron chi connectivity index (χ4n) is 0.401. The molecule has 0 spiro atoms. The summed E-state index contributed by atoms with van der Waals surface area (Å²) in [6, 6.07) is 0. The van der Waals surface area contributed by atoms with Gasteiger partial charge in [-0.25, -0.2) is 0 Å². The minimum Gasteiger partial charge on any atom is -0.324 e. The third kappa shape index (κ3) is 11.2. The largest absolute Gasteiger partial charge is 0.339 e. The van der Waals surface area contributed by atoms with Gasteiger partial charge in [0.15, 0.2) is 0 Å². The van der Waals surface area contributed by atoms with Gasteiger partial charge in [-0.1, -0.05) is 6.92 Å². The second-order valence-electron chi connectivity index (χ2n) is 1.82. The van der Waals surface area contributed by atoms with Gasteiger partial charge >= 0.3 is 7.60 Å². The summed E-state index contributed by atoms with van der Waals surface area (Å²) in [4.78, 5) is 16.6. The average molecular weight is 190 g/mol. The van der Waals surface area contributed by atoms with Crippen LogP contribution in [0.25, 0.3) is 0 Å². The van der Waals surface area contributed by atoms with Crippen LogP contribution >= 0.6 is 20.0 Å². The summed E-state index contributed by atoms with van der Waals surface area (Å²) in [5, 5.41) is 2.61. The Kier molecular flexibility index (Phi) is 7.99. The summed E-state index contributed by atoms with van der Waals surface area (Å²) in [5.41, 5.74) is 0. The smallest absolute Gasteiger partial charge is 0.324 e. The van der Waals surface area contributed by atoms with E-state index >= 15 is 0 Å². The summed E-state index contributed by atoms with van der Waals surface area (Å²) in [5.74, 6) is 0. The molecule has 0 bridgehead atoms. The topological polar surface area (TPSA) is 69.6 Å². The molecule has 64 valence electrons. The first kappa shape index (κ1) is 13.0. The van der Waals surface area contributed by atoms with E-state index < -0.39 is 7.60 Å². The lowest BCUT2D eigenvalue weighted by atomic mass is 10.5. The second-order valence-corrected chi connectivity index (χ2v) is 3.47. The van der Waals surface area contributed by atoms with Crippen molar-refractivity contribution in [3.05, 3.63) is 0 Å². The summed E-state index contributed by atoms with van der Waals surface area (Å²) in [6.07, 6.45) is 0.681. The zero-order chi connectivity index (χ0) is 7.33. The Balaban J connectivity index is 0. The monoisotopic (exact) mass is 189 g/mol. The highest BCUT2D eigenvalue weighted by molar-refractivity contribution is 7.51. The number of hydrogen-bond donors (Lipinski definition) is 3. The van der Waals surface area contributed by atoms with Gasteiger partial charge in [0, 0.05) is 0 Å². The first-order valence-corrected chi connectivity index (χ1v) is 4.61. The molecule has 0 unspecified atom stereocenters. The normalized spacial score (nSPS) is 10.7. The van der Waals surface area contributed by atoms with Crippen molar-refractivity contribution in [2.75, 3.05) is 12.8 Å². The van der Waals surface area contributed by atoms with Crippen LogP contribution in [0.2, 0.25) is 0 Å². The molecule has 0 aromatic heterocycles. The maximum absolute atomic E-state index is 10.1. The summed E-state index contributed by atoms with van der Waals surface area (Å²) < 4.78 is 10.1. The Labute approximate surface area is 66.6 Å². The molecule has 0 rings (SSSR count). The van der Waals surface area contributed by atoms with Crippen molar-refractivity contribution in [2.24, 2.45) is 0 Å². The first-order chi connectivity index (χ1) is 4.06. The van der Waals surface area contributed by atoms with Gasteiger partial charge in [0.2, 0.25) is 0 Å². The molecule has 3 N–H and O–H groups in total. The lowest BCUT2D eigenvalue weighted by Gasteiger charge is -2.03. The first-order valence-electron chi connectivity index (χ1n) is 2.81. The molecule has 0 aromatic rings. The molecule has 6 heteroatoms. The number of halogens is 1. The highest BCUT2D eigenvalue weighted by atomic mass is 35.5. The van der Waals surface area contributed by atoms with Gasteiger partial charge < -0.3 is 15.1 Å². The number of rotatable bonds is 4. The van der Waals surface area contributed by atoms with Crippen LogP contribution in [0.15, 0.2) is 0 Å². The molecule has 0 radical (unpaired) electrons. The molecule has 0 amide bonds. The van der Waals surface area contributed by atoms with Gasteiger partial charge in [-0.3, -0.25) is 4.57 Å². The number of nitrogens with one attached hydrogen (secondary N) is 1. The summed E-state index contributed by atoms with van der Waals surface area (Å²) in [6.45, 7) is 2.60. The van der Waals surface area contributed by atoms with Crippen LogP contribution < -0.4 is 5.32 Å². The molecule has 0 aromatic carbocycles. The molecule has 4 nitrogen and oxygen atoms in total. The highest BCUT2D eigenvalue weighted by Crippen LogP contribution is 2.31. The van der Waals surface area contributed by atoms with Crippen LogP contribution in [-0.2, 0) is 4.57 Å². The van der Waals surface area contributed by atoms with Crippen molar-refractivity contribution in [3.63, 3.8) is 0 Å². The molecule has 0 saturated heterocycles. The molecule has 0 fully saturated rings. The Morgan fingerprint density at radius 2 is 2.00 bits per heavy atom. The van der Waals surface area contributed by atoms with Crippen LogP contribution in [0.5, 0.6) is 0 Å². The van der Waals surface area contributed by atoms with E-state index in [4.69, 9.17) is 9.79 Å². The summed E-state index contributed by atoms with van der Waals surface area (Å²) >= 11 is 0. The zero-order valence-corrected chi connectivity index (χ0v) is 7.49. The van der Waals surface area contributed by atoms with E-state index in [2.05, 4.69) is 5.32 Å². The van der Waals surface area contributed by atoms with Crippen LogP contribution in [0.3, 0.4) is 0 Å². The van der Waals surface area contributed by atoms with Crippen LogP contribution in [-0.4, -0.2) is 22.6 Å². The third-order valence-corrected chi connectivity index (χ3v) is 1.38. The molecule has 0 saturated carbocycles. The van der Waals surface area contributed by atoms with Crippen LogP contribution in [0, 0.1) is 0 Å². The predicted octanol–water partition coefficient (Wildman–Crippen LogP) is 0.543. The van der Waals surface area contributed by atoms with E-state index in [1.807, 2.05) is 6.92 Å². The molecule has 0 aliphatic carbocycles. The van der Waals surface area contributed by atoms with Crippen molar-refractivity contribution in [3.8, 4) is 0 Å². The molecule has 0 heterocycles. The SMILES string of the molecule is CCCNCP(=O)(O)O.Cl. The van der Waals surface area contributed by atoms with Gasteiger partial charge in [-0.05, 0) is 13.0 Å². The molecule has 10 heavy (non-hydrogen) atoms. The number of hydrogen-bond acceptors (Lipinski definition) is 2. The fourth-order valence-corrected chi connectivity index (χ4v) is 0.851. The molecule has 0 aliphatic rings. The second kappa shape index (κ2) is 6.13. The van der Waals surface area contributed by atoms with E-state index in [1.165, 1.54) is 0 Å². The van der Waals surface area contributed by atoms with E-state index in [1.54, 1.807) is 0 Å². The van der Waals surface area contributed by atoms with Crippen LogP contribution in [0.4, 0.5) is 0 Å². The highest BCUT2D eigenvalue weighted by Gasteiger charge is 2.09. The van der Waals surface area contributed by atoms with E-state index in [0.717, 1.165) is 6.42 Å². The van der Waals surface area contributed by atoms with Crippen molar-refractivity contribution < 1.29 is 14.4 Å². The van der Waals surface area contributed by atoms with E-state index in [9.17, 15) is 4.57 Å². The maximum atomic E-state index is 10.1. The Morgan fingerprint density at radius 3 is 2.30 bits per heavy atom. The maximum Gasteiger partial charge on any atom is 0.339 e. The third-order valence-electron chi connectivity index (χ3n) is 0.745. The fraction of sp³-hybridized carbons (Fsp3) is 1.00. The molecular formula is C4H13ClNO3P. The van der Waals surface area contributed by atoms with Crippen molar-refractivity contribution >= 4 is 20.0 Å². The van der Waals surface area contributed by atoms with Crippen LogP contribution in [0.1, 0.15) is 13.3 Å². The molecule has 0 aliphatic heterocycles. The predicted molar refractivity (Wildman–Crippen MR) is 42.5 cm³/mol. The van der Waals surface area contributed by atoms with Gasteiger partial charge in [-0.2, -0.15) is 0 Å².